The molecule has 2 heterocycles. The summed E-state index contributed by atoms with van der Waals surface area (Å²) in [6, 6.07) is 20.3. The van der Waals surface area contributed by atoms with E-state index in [4.69, 9.17) is 0 Å². The van der Waals surface area contributed by atoms with Gasteiger partial charge in [0.25, 0.3) is 0 Å². The first-order chi connectivity index (χ1) is 14.6. The quantitative estimate of drug-likeness (QED) is 0.629. The summed E-state index contributed by atoms with van der Waals surface area (Å²) in [7, 11) is 0. The fourth-order valence-electron chi connectivity index (χ4n) is 3.72. The Balaban J connectivity index is 1.34. The Hall–Kier alpha value is -3.01. The van der Waals surface area contributed by atoms with Gasteiger partial charge in [0.15, 0.2) is 0 Å². The van der Waals surface area contributed by atoms with Gasteiger partial charge in [-0.1, -0.05) is 60.2 Å². The van der Waals surface area contributed by atoms with Gasteiger partial charge >= 0.3 is 0 Å². The van der Waals surface area contributed by atoms with Crippen LogP contribution < -0.4 is 0 Å². The number of thiazole rings is 1. The van der Waals surface area contributed by atoms with Gasteiger partial charge in [-0.3, -0.25) is 9.69 Å². The van der Waals surface area contributed by atoms with E-state index in [1.54, 1.807) is 11.3 Å². The maximum atomic E-state index is 12.8. The zero-order chi connectivity index (χ0) is 20.9. The molecule has 0 aliphatic carbocycles. The Labute approximate surface area is 181 Å². The van der Waals surface area contributed by atoms with Crippen LogP contribution >= 0.6 is 11.3 Å². The van der Waals surface area contributed by atoms with Crippen molar-refractivity contribution >= 4 is 17.2 Å². The number of hydrogen-bond acceptors (Lipinski definition) is 5. The second-order valence-corrected chi connectivity index (χ2v) is 8.40. The van der Waals surface area contributed by atoms with Gasteiger partial charge in [0.2, 0.25) is 5.91 Å². The molecule has 152 valence electrons. The molecule has 1 unspecified atom stereocenters. The van der Waals surface area contributed by atoms with Gasteiger partial charge in [0, 0.05) is 37.1 Å². The lowest BCUT2D eigenvalue weighted by Gasteiger charge is -2.37. The summed E-state index contributed by atoms with van der Waals surface area (Å²) >= 11 is 1.58. The van der Waals surface area contributed by atoms with E-state index >= 15 is 0 Å². The van der Waals surface area contributed by atoms with Gasteiger partial charge in [-0.05, 0) is 12.5 Å². The van der Waals surface area contributed by atoms with E-state index in [0.29, 0.717) is 32.6 Å². The number of piperazine rings is 1. The number of aromatic nitrogens is 1. The Kier molecular flexibility index (Phi) is 6.22. The fraction of sp³-hybridized carbons (Fsp3) is 0.292. The lowest BCUT2D eigenvalue weighted by molar-refractivity contribution is -0.132. The number of nitrogens with zero attached hydrogens (tertiary/aromatic N) is 4. The summed E-state index contributed by atoms with van der Waals surface area (Å²) < 4.78 is 0. The summed E-state index contributed by atoms with van der Waals surface area (Å²) in [5, 5.41) is 12.6. The smallest absolute Gasteiger partial charge is 0.228 e. The van der Waals surface area contributed by atoms with Gasteiger partial charge in [-0.15, -0.1) is 11.3 Å². The third-order valence-corrected chi connectivity index (χ3v) is 6.39. The first kappa shape index (κ1) is 20.3. The number of nitriles is 1. The summed E-state index contributed by atoms with van der Waals surface area (Å²) in [6.07, 6.45) is 0.322. The summed E-state index contributed by atoms with van der Waals surface area (Å²) in [4.78, 5) is 21.5. The van der Waals surface area contributed by atoms with Crippen LogP contribution in [-0.2, 0) is 11.2 Å². The van der Waals surface area contributed by atoms with E-state index in [2.05, 4.69) is 47.1 Å². The molecule has 0 bridgehead atoms. The molecule has 30 heavy (non-hydrogen) atoms. The third-order valence-electron chi connectivity index (χ3n) is 5.45. The second kappa shape index (κ2) is 9.21. The molecule has 6 heteroatoms. The molecule has 0 N–H and O–H groups in total. The van der Waals surface area contributed by atoms with E-state index in [1.807, 2.05) is 40.6 Å². The van der Waals surface area contributed by atoms with Crippen LogP contribution in [0.4, 0.5) is 0 Å². The SMILES string of the molecule is Cc1ccc(-c2nc(CC(=O)N3CCN(C(C#N)c4ccccc4)CC3)cs2)cc1. The van der Waals surface area contributed by atoms with Crippen molar-refractivity contribution in [2.45, 2.75) is 19.4 Å². The van der Waals surface area contributed by atoms with Gasteiger partial charge in [-0.25, -0.2) is 4.98 Å². The third kappa shape index (κ3) is 4.59. The van der Waals surface area contributed by atoms with Gasteiger partial charge in [0.05, 0.1) is 18.2 Å². The molecular weight excluding hydrogens is 392 g/mol. The molecule has 1 fully saturated rings. The topological polar surface area (TPSA) is 60.2 Å². The fourth-order valence-corrected chi connectivity index (χ4v) is 4.54. The summed E-state index contributed by atoms with van der Waals surface area (Å²) in [5.74, 6) is 0.101. The molecule has 1 aromatic heterocycles. The van der Waals surface area contributed by atoms with Crippen molar-refractivity contribution in [2.24, 2.45) is 0 Å². The zero-order valence-corrected chi connectivity index (χ0v) is 17.8. The van der Waals surface area contributed by atoms with Crippen molar-refractivity contribution in [1.29, 1.82) is 5.26 Å². The van der Waals surface area contributed by atoms with Crippen LogP contribution in [0.5, 0.6) is 0 Å². The van der Waals surface area contributed by atoms with Crippen molar-refractivity contribution in [3.63, 3.8) is 0 Å². The maximum Gasteiger partial charge on any atom is 0.228 e. The number of aryl methyl sites for hydroxylation is 1. The van der Waals surface area contributed by atoms with E-state index in [0.717, 1.165) is 21.8 Å². The van der Waals surface area contributed by atoms with Crippen LogP contribution in [0, 0.1) is 18.3 Å². The van der Waals surface area contributed by atoms with E-state index in [1.165, 1.54) is 5.56 Å². The zero-order valence-electron chi connectivity index (χ0n) is 17.0. The predicted octanol–water partition coefficient (Wildman–Crippen LogP) is 4.07. The van der Waals surface area contributed by atoms with Gasteiger partial charge in [0.1, 0.15) is 11.0 Å². The van der Waals surface area contributed by atoms with E-state index < -0.39 is 0 Å². The maximum absolute atomic E-state index is 12.8. The molecule has 0 saturated carbocycles. The Morgan fingerprint density at radius 1 is 1.10 bits per heavy atom. The molecule has 3 aromatic rings. The van der Waals surface area contributed by atoms with Crippen molar-refractivity contribution in [1.82, 2.24) is 14.8 Å². The minimum Gasteiger partial charge on any atom is -0.340 e. The van der Waals surface area contributed by atoms with Gasteiger partial charge in [-0.2, -0.15) is 5.26 Å². The minimum atomic E-state index is -0.265. The summed E-state index contributed by atoms with van der Waals surface area (Å²) in [5.41, 5.74) is 4.13. The van der Waals surface area contributed by atoms with Crippen LogP contribution in [0.1, 0.15) is 22.9 Å². The summed E-state index contributed by atoms with van der Waals surface area (Å²) in [6.45, 7) is 4.74. The minimum absolute atomic E-state index is 0.101. The molecule has 1 saturated heterocycles. The first-order valence-corrected chi connectivity index (χ1v) is 11.0. The number of benzene rings is 2. The highest BCUT2D eigenvalue weighted by Gasteiger charge is 2.27. The van der Waals surface area contributed by atoms with E-state index in [9.17, 15) is 10.1 Å². The highest BCUT2D eigenvalue weighted by molar-refractivity contribution is 7.13. The Morgan fingerprint density at radius 2 is 1.80 bits per heavy atom. The molecule has 0 radical (unpaired) electrons. The Bertz CT molecular complexity index is 1030. The molecule has 1 amide bonds. The number of rotatable bonds is 5. The lowest BCUT2D eigenvalue weighted by Crippen LogP contribution is -2.49. The average Bonchev–Trinajstić information content (AvgIpc) is 3.24. The standard InChI is InChI=1S/C24H24N4OS/c1-18-7-9-20(10-8-18)24-26-21(17-30-24)15-23(29)28-13-11-27(12-14-28)22(16-25)19-5-3-2-4-6-19/h2-10,17,22H,11-15H2,1H3. The number of amides is 1. The normalized spacial score (nSPS) is 15.5. The van der Waals surface area contributed by atoms with Crippen LogP contribution in [0.2, 0.25) is 0 Å². The van der Waals surface area contributed by atoms with Crippen LogP contribution in [0.3, 0.4) is 0 Å². The molecule has 0 spiro atoms. The first-order valence-electron chi connectivity index (χ1n) is 10.1. The van der Waals surface area contributed by atoms with Crippen molar-refractivity contribution in [2.75, 3.05) is 26.2 Å². The van der Waals surface area contributed by atoms with Crippen LogP contribution in [0.15, 0.2) is 60.0 Å². The highest BCUT2D eigenvalue weighted by Crippen LogP contribution is 2.25. The number of carbonyl (C=O) groups excluding carboxylic acids is 1. The van der Waals surface area contributed by atoms with Gasteiger partial charge < -0.3 is 4.90 Å². The average molecular weight is 417 g/mol. The molecule has 1 aliphatic rings. The molecule has 2 aromatic carbocycles. The van der Waals surface area contributed by atoms with Crippen molar-refractivity contribution in [3.05, 3.63) is 76.8 Å². The van der Waals surface area contributed by atoms with Crippen molar-refractivity contribution in [3.8, 4) is 16.6 Å². The van der Waals surface area contributed by atoms with Crippen LogP contribution in [0.25, 0.3) is 10.6 Å². The Morgan fingerprint density at radius 3 is 2.47 bits per heavy atom. The highest BCUT2D eigenvalue weighted by atomic mass is 32.1. The molecular formula is C24H24N4OS. The molecule has 1 aliphatic heterocycles. The number of hydrogen-bond donors (Lipinski definition) is 0. The monoisotopic (exact) mass is 416 g/mol. The van der Waals surface area contributed by atoms with Crippen molar-refractivity contribution < 1.29 is 4.79 Å². The molecule has 1 atom stereocenters. The van der Waals surface area contributed by atoms with Crippen LogP contribution in [-0.4, -0.2) is 46.9 Å². The molecule has 5 nitrogen and oxygen atoms in total. The van der Waals surface area contributed by atoms with E-state index in [-0.39, 0.29) is 11.9 Å². The molecule has 4 rings (SSSR count). The lowest BCUT2D eigenvalue weighted by atomic mass is 10.1. The largest absolute Gasteiger partial charge is 0.340 e. The second-order valence-electron chi connectivity index (χ2n) is 7.55. The predicted molar refractivity (Wildman–Crippen MR) is 119 cm³/mol. The number of carbonyl (C=O) groups is 1.